The minimum atomic E-state index is -0.365. The highest BCUT2D eigenvalue weighted by Gasteiger charge is 2.39. The molecule has 0 N–H and O–H groups in total. The van der Waals surface area contributed by atoms with Crippen LogP contribution in [0, 0.1) is 5.92 Å². The summed E-state index contributed by atoms with van der Waals surface area (Å²) in [5.41, 5.74) is 1.14. The summed E-state index contributed by atoms with van der Waals surface area (Å²) in [5, 5.41) is 0.913. The van der Waals surface area contributed by atoms with Crippen LogP contribution in [0.5, 0.6) is 5.75 Å². The van der Waals surface area contributed by atoms with Crippen molar-refractivity contribution in [3.8, 4) is 5.75 Å². The molecule has 5 nitrogen and oxygen atoms in total. The normalized spacial score (nSPS) is 21.2. The first-order valence-corrected chi connectivity index (χ1v) is 9.73. The molecule has 0 fully saturated rings. The van der Waals surface area contributed by atoms with E-state index in [2.05, 4.69) is 6.07 Å². The van der Waals surface area contributed by atoms with Gasteiger partial charge in [0.25, 0.3) is 0 Å². The van der Waals surface area contributed by atoms with Crippen molar-refractivity contribution in [3.05, 3.63) is 44.4 Å². The second-order valence-electron chi connectivity index (χ2n) is 5.83. The quantitative estimate of drug-likeness (QED) is 0.785. The molecule has 4 rings (SSSR count). The van der Waals surface area contributed by atoms with E-state index in [1.807, 2.05) is 18.2 Å². The highest BCUT2D eigenvalue weighted by Crippen LogP contribution is 2.50. The molecule has 1 aromatic heterocycles. The van der Waals surface area contributed by atoms with Gasteiger partial charge in [-0.25, -0.2) is 0 Å². The summed E-state index contributed by atoms with van der Waals surface area (Å²) in [4.78, 5) is 25.2. The first-order valence-electron chi connectivity index (χ1n) is 7.92. The van der Waals surface area contributed by atoms with E-state index < -0.39 is 0 Å². The summed E-state index contributed by atoms with van der Waals surface area (Å²) in [6.07, 6.45) is 0. The molecule has 1 aromatic carbocycles. The maximum Gasteiger partial charge on any atom is 0.326 e. The molecule has 24 heavy (non-hydrogen) atoms. The fourth-order valence-electron chi connectivity index (χ4n) is 3.33. The second kappa shape index (κ2) is 6.29. The number of hydrogen-bond acceptors (Lipinski definition) is 6. The van der Waals surface area contributed by atoms with Crippen molar-refractivity contribution in [2.45, 2.75) is 24.4 Å². The largest absolute Gasteiger partial charge is 0.493 e. The van der Waals surface area contributed by atoms with Gasteiger partial charge in [-0.05, 0) is 13.0 Å². The second-order valence-corrected chi connectivity index (χ2v) is 7.83. The van der Waals surface area contributed by atoms with Gasteiger partial charge in [0, 0.05) is 28.0 Å². The SMILES string of the molecule is CCOC(=O)Cn1c2c(sc1=O)[C@@H]1c3ccccc3OC[C@H]1CS2. The van der Waals surface area contributed by atoms with Gasteiger partial charge < -0.3 is 9.47 Å². The first-order chi connectivity index (χ1) is 11.7. The smallest absolute Gasteiger partial charge is 0.326 e. The number of carbonyl (C=O) groups is 1. The van der Waals surface area contributed by atoms with Crippen molar-refractivity contribution in [2.24, 2.45) is 5.92 Å². The fraction of sp³-hybridized carbons (Fsp3) is 0.412. The van der Waals surface area contributed by atoms with Crippen LogP contribution in [0.1, 0.15) is 23.3 Å². The molecule has 0 saturated heterocycles. The number of ether oxygens (including phenoxy) is 2. The Balaban J connectivity index is 1.77. The molecule has 7 heteroatoms. The zero-order valence-corrected chi connectivity index (χ0v) is 14.8. The number of thioether (sulfide) groups is 1. The van der Waals surface area contributed by atoms with Crippen LogP contribution in [-0.4, -0.2) is 29.5 Å². The summed E-state index contributed by atoms with van der Waals surface area (Å²) >= 11 is 2.89. The zero-order valence-electron chi connectivity index (χ0n) is 13.2. The summed E-state index contributed by atoms with van der Waals surface area (Å²) in [6.45, 7) is 2.74. The number of para-hydroxylation sites is 1. The summed E-state index contributed by atoms with van der Waals surface area (Å²) in [5.74, 6) is 1.94. The van der Waals surface area contributed by atoms with Crippen LogP contribution in [0.4, 0.5) is 0 Å². The van der Waals surface area contributed by atoms with Gasteiger partial charge in [-0.3, -0.25) is 14.2 Å². The minimum Gasteiger partial charge on any atom is -0.493 e. The van der Waals surface area contributed by atoms with Gasteiger partial charge in [0.15, 0.2) is 0 Å². The topological polar surface area (TPSA) is 57.5 Å². The van der Waals surface area contributed by atoms with Gasteiger partial charge in [0.2, 0.25) is 0 Å². The molecule has 126 valence electrons. The standard InChI is InChI=1S/C17H17NO4S2/c1-2-21-13(19)7-18-16-15(24-17(18)20)14-10(9-23-16)8-22-12-6-4-3-5-11(12)14/h3-6,10,14H,2,7-9H2,1H3/t10-,14-/m0/s1. The van der Waals surface area contributed by atoms with Crippen molar-refractivity contribution in [1.82, 2.24) is 4.57 Å². The van der Waals surface area contributed by atoms with Crippen LogP contribution in [0.3, 0.4) is 0 Å². The van der Waals surface area contributed by atoms with Gasteiger partial charge in [0.05, 0.1) is 18.2 Å². The Bertz CT molecular complexity index is 841. The van der Waals surface area contributed by atoms with Gasteiger partial charge in [-0.15, -0.1) is 11.8 Å². The van der Waals surface area contributed by atoms with Gasteiger partial charge >= 0.3 is 10.8 Å². The molecule has 2 atom stereocenters. The zero-order chi connectivity index (χ0) is 16.7. The van der Waals surface area contributed by atoms with Crippen molar-refractivity contribution >= 4 is 29.1 Å². The fourth-order valence-corrected chi connectivity index (χ4v) is 6.02. The Labute approximate surface area is 147 Å². The number of rotatable bonds is 3. The van der Waals surface area contributed by atoms with E-state index in [1.54, 1.807) is 23.3 Å². The number of aromatic nitrogens is 1. The average molecular weight is 363 g/mol. The minimum absolute atomic E-state index is 0.0129. The van der Waals surface area contributed by atoms with E-state index in [9.17, 15) is 9.59 Å². The molecular weight excluding hydrogens is 346 g/mol. The van der Waals surface area contributed by atoms with E-state index in [0.717, 1.165) is 27.0 Å². The lowest BCUT2D eigenvalue weighted by atomic mass is 9.84. The summed E-state index contributed by atoms with van der Waals surface area (Å²) < 4.78 is 12.4. The molecular formula is C17H17NO4S2. The van der Waals surface area contributed by atoms with Crippen LogP contribution >= 0.6 is 23.1 Å². The maximum absolute atomic E-state index is 12.5. The maximum atomic E-state index is 12.5. The molecule has 0 spiro atoms. The molecule has 2 aromatic rings. The Morgan fingerprint density at radius 2 is 2.25 bits per heavy atom. The third-order valence-corrected chi connectivity index (χ3v) is 6.86. The Morgan fingerprint density at radius 3 is 3.08 bits per heavy atom. The Kier molecular flexibility index (Phi) is 4.14. The number of thiazole rings is 1. The lowest BCUT2D eigenvalue weighted by Gasteiger charge is -2.36. The van der Waals surface area contributed by atoms with E-state index in [-0.39, 0.29) is 23.3 Å². The monoisotopic (exact) mass is 363 g/mol. The lowest BCUT2D eigenvalue weighted by molar-refractivity contribution is -0.144. The van der Waals surface area contributed by atoms with Crippen LogP contribution in [0.25, 0.3) is 0 Å². The number of carbonyl (C=O) groups excluding carboxylic acids is 1. The highest BCUT2D eigenvalue weighted by atomic mass is 32.2. The van der Waals surface area contributed by atoms with Crippen LogP contribution in [0.15, 0.2) is 34.1 Å². The molecule has 0 unspecified atom stereocenters. The van der Waals surface area contributed by atoms with Crippen LogP contribution in [-0.2, 0) is 16.1 Å². The van der Waals surface area contributed by atoms with Crippen molar-refractivity contribution in [2.75, 3.05) is 19.0 Å². The molecule has 2 aliphatic rings. The number of hydrogen-bond donors (Lipinski definition) is 0. The highest BCUT2D eigenvalue weighted by molar-refractivity contribution is 7.99. The van der Waals surface area contributed by atoms with Crippen LogP contribution in [0.2, 0.25) is 0 Å². The van der Waals surface area contributed by atoms with E-state index >= 15 is 0 Å². The molecule has 3 heterocycles. The molecule has 0 radical (unpaired) electrons. The van der Waals surface area contributed by atoms with E-state index in [4.69, 9.17) is 9.47 Å². The van der Waals surface area contributed by atoms with Gasteiger partial charge in [0.1, 0.15) is 12.3 Å². The van der Waals surface area contributed by atoms with E-state index in [0.29, 0.717) is 19.1 Å². The third-order valence-electron chi connectivity index (χ3n) is 4.36. The van der Waals surface area contributed by atoms with Crippen molar-refractivity contribution in [1.29, 1.82) is 0 Å². The number of nitrogens with zero attached hydrogens (tertiary/aromatic N) is 1. The van der Waals surface area contributed by atoms with E-state index in [1.165, 1.54) is 11.3 Å². The molecule has 2 aliphatic heterocycles. The predicted molar refractivity (Wildman–Crippen MR) is 93.2 cm³/mol. The predicted octanol–water partition coefficient (Wildman–Crippen LogP) is 2.72. The number of esters is 1. The number of fused-ring (bicyclic) bond motifs is 5. The van der Waals surface area contributed by atoms with Gasteiger partial charge in [-0.2, -0.15) is 0 Å². The molecule has 0 bridgehead atoms. The summed E-state index contributed by atoms with van der Waals surface area (Å²) in [6, 6.07) is 8.02. The Hall–Kier alpha value is -1.73. The molecule has 0 saturated carbocycles. The number of benzene rings is 1. The Morgan fingerprint density at radius 1 is 1.42 bits per heavy atom. The first kappa shape index (κ1) is 15.8. The van der Waals surface area contributed by atoms with Crippen molar-refractivity contribution < 1.29 is 14.3 Å². The average Bonchev–Trinajstić information content (AvgIpc) is 2.90. The van der Waals surface area contributed by atoms with Gasteiger partial charge in [-0.1, -0.05) is 29.5 Å². The lowest BCUT2D eigenvalue weighted by Crippen LogP contribution is -2.31. The molecule has 0 aliphatic carbocycles. The van der Waals surface area contributed by atoms with Crippen molar-refractivity contribution in [3.63, 3.8) is 0 Å². The van der Waals surface area contributed by atoms with Crippen LogP contribution < -0.4 is 9.61 Å². The molecule has 0 amide bonds. The summed E-state index contributed by atoms with van der Waals surface area (Å²) in [7, 11) is 0. The third kappa shape index (κ3) is 2.56.